The Morgan fingerprint density at radius 1 is 1.56 bits per heavy atom. The van der Waals surface area contributed by atoms with Gasteiger partial charge in [-0.05, 0) is 14.1 Å². The Labute approximate surface area is 100 Å². The number of ether oxygens (including phenoxy) is 1. The first-order chi connectivity index (χ1) is 7.56. The molecule has 16 heavy (non-hydrogen) atoms. The molecule has 1 rings (SSSR count). The lowest BCUT2D eigenvalue weighted by Crippen LogP contribution is -2.21. The fourth-order valence-electron chi connectivity index (χ4n) is 1.28. The molecule has 0 fully saturated rings. The van der Waals surface area contributed by atoms with Crippen LogP contribution < -0.4 is 5.73 Å². The van der Waals surface area contributed by atoms with Gasteiger partial charge in [0, 0.05) is 13.7 Å². The molecular formula is C9H17N5OS. The zero-order valence-electron chi connectivity index (χ0n) is 9.80. The lowest BCUT2D eigenvalue weighted by molar-refractivity contribution is 0.175. The van der Waals surface area contributed by atoms with Crippen molar-refractivity contribution in [2.45, 2.75) is 13.2 Å². The fourth-order valence-corrected chi connectivity index (χ4v) is 1.44. The molecule has 0 atom stereocenters. The van der Waals surface area contributed by atoms with Crippen LogP contribution in [0.2, 0.25) is 0 Å². The van der Waals surface area contributed by atoms with E-state index in [-0.39, 0.29) is 4.99 Å². The normalized spacial score (nSPS) is 11.0. The zero-order chi connectivity index (χ0) is 12.1. The highest BCUT2D eigenvalue weighted by Gasteiger charge is 2.14. The van der Waals surface area contributed by atoms with Gasteiger partial charge in [0.25, 0.3) is 0 Å². The van der Waals surface area contributed by atoms with E-state index in [1.165, 1.54) is 0 Å². The third-order valence-corrected chi connectivity index (χ3v) is 2.30. The molecule has 0 aliphatic heterocycles. The molecule has 0 spiro atoms. The summed E-state index contributed by atoms with van der Waals surface area (Å²) < 4.78 is 6.87. The maximum Gasteiger partial charge on any atom is 0.145 e. The fraction of sp³-hybridized carbons (Fsp3) is 0.667. The van der Waals surface area contributed by atoms with E-state index in [9.17, 15) is 0 Å². The Morgan fingerprint density at radius 3 is 2.75 bits per heavy atom. The van der Waals surface area contributed by atoms with Gasteiger partial charge in [-0.2, -0.15) is 0 Å². The first-order valence-electron chi connectivity index (χ1n) is 4.92. The quantitative estimate of drug-likeness (QED) is 0.687. The molecule has 0 bridgehead atoms. The van der Waals surface area contributed by atoms with Gasteiger partial charge in [0.1, 0.15) is 10.7 Å². The van der Waals surface area contributed by atoms with E-state index in [4.69, 9.17) is 22.7 Å². The van der Waals surface area contributed by atoms with Crippen molar-refractivity contribution in [1.29, 1.82) is 0 Å². The number of hydrogen-bond donors (Lipinski definition) is 1. The Hall–Kier alpha value is -1.05. The van der Waals surface area contributed by atoms with Crippen molar-refractivity contribution < 1.29 is 4.74 Å². The van der Waals surface area contributed by atoms with Crippen molar-refractivity contribution in [3.05, 3.63) is 11.4 Å². The highest BCUT2D eigenvalue weighted by molar-refractivity contribution is 7.80. The Bertz CT molecular complexity index is 363. The van der Waals surface area contributed by atoms with Crippen molar-refractivity contribution >= 4 is 17.2 Å². The zero-order valence-corrected chi connectivity index (χ0v) is 10.6. The van der Waals surface area contributed by atoms with Crippen LogP contribution in [-0.2, 0) is 17.9 Å². The van der Waals surface area contributed by atoms with Crippen LogP contribution in [0.15, 0.2) is 0 Å². The van der Waals surface area contributed by atoms with Gasteiger partial charge in [0.15, 0.2) is 0 Å². The molecule has 0 saturated heterocycles. The van der Waals surface area contributed by atoms with Crippen LogP contribution in [0.3, 0.4) is 0 Å². The number of likely N-dealkylation sites (N-methyl/N-ethyl adjacent to an activating group) is 1. The minimum Gasteiger partial charge on any atom is -0.388 e. The molecule has 2 N–H and O–H groups in total. The van der Waals surface area contributed by atoms with Crippen LogP contribution in [0.4, 0.5) is 0 Å². The Morgan fingerprint density at radius 2 is 2.25 bits per heavy atom. The van der Waals surface area contributed by atoms with Gasteiger partial charge in [-0.3, -0.25) is 0 Å². The molecule has 7 heteroatoms. The summed E-state index contributed by atoms with van der Waals surface area (Å²) in [5, 5.41) is 7.98. The minimum atomic E-state index is 0.253. The van der Waals surface area contributed by atoms with E-state index in [1.54, 1.807) is 11.8 Å². The van der Waals surface area contributed by atoms with Gasteiger partial charge in [-0.15, -0.1) is 5.10 Å². The third-order valence-electron chi connectivity index (χ3n) is 2.11. The lowest BCUT2D eigenvalue weighted by atomic mass is 10.3. The molecule has 1 aromatic rings. The molecule has 0 aliphatic rings. The maximum atomic E-state index is 5.56. The van der Waals surface area contributed by atoms with Crippen LogP contribution >= 0.6 is 12.2 Å². The second-order valence-corrected chi connectivity index (χ2v) is 4.15. The molecule has 1 heterocycles. The number of aromatic nitrogens is 3. The van der Waals surface area contributed by atoms with Crippen molar-refractivity contribution in [2.75, 3.05) is 27.7 Å². The maximum absolute atomic E-state index is 5.56. The van der Waals surface area contributed by atoms with E-state index in [2.05, 4.69) is 15.2 Å². The summed E-state index contributed by atoms with van der Waals surface area (Å²) in [6.45, 7) is 2.02. The number of hydrogen-bond acceptors (Lipinski definition) is 5. The summed E-state index contributed by atoms with van der Waals surface area (Å²) in [4.78, 5) is 2.32. The third kappa shape index (κ3) is 3.22. The molecule has 90 valence electrons. The number of thiocarbonyl (C=S) groups is 1. The van der Waals surface area contributed by atoms with E-state index in [0.717, 1.165) is 18.8 Å². The number of rotatable bonds is 6. The van der Waals surface area contributed by atoms with Crippen LogP contribution in [0, 0.1) is 0 Å². The molecule has 0 unspecified atom stereocenters. The smallest absolute Gasteiger partial charge is 0.145 e. The molecule has 0 radical (unpaired) electrons. The van der Waals surface area contributed by atoms with Gasteiger partial charge >= 0.3 is 0 Å². The predicted molar refractivity (Wildman–Crippen MR) is 65.2 cm³/mol. The van der Waals surface area contributed by atoms with E-state index >= 15 is 0 Å². The lowest BCUT2D eigenvalue weighted by Gasteiger charge is -2.11. The number of nitrogens with zero attached hydrogens (tertiary/aromatic N) is 4. The monoisotopic (exact) mass is 243 g/mol. The molecule has 0 amide bonds. The average molecular weight is 243 g/mol. The van der Waals surface area contributed by atoms with Gasteiger partial charge in [0.2, 0.25) is 0 Å². The summed E-state index contributed by atoms with van der Waals surface area (Å²) >= 11 is 4.91. The van der Waals surface area contributed by atoms with Crippen molar-refractivity contribution in [3.63, 3.8) is 0 Å². The molecule has 0 aromatic carbocycles. The first kappa shape index (κ1) is 13.0. The van der Waals surface area contributed by atoms with Gasteiger partial charge in [0.05, 0.1) is 18.8 Å². The van der Waals surface area contributed by atoms with Crippen LogP contribution in [0.1, 0.15) is 11.4 Å². The SMILES string of the molecule is COCc1c(C(N)=S)nnn1CCN(C)C. The van der Waals surface area contributed by atoms with Crippen LogP contribution in [0.5, 0.6) is 0 Å². The predicted octanol–water partition coefficient (Wildman–Crippen LogP) is -0.380. The topological polar surface area (TPSA) is 69.2 Å². The van der Waals surface area contributed by atoms with Crippen molar-refractivity contribution in [3.8, 4) is 0 Å². The second kappa shape index (κ2) is 5.88. The summed E-state index contributed by atoms with van der Waals surface area (Å²) in [5.74, 6) is 0. The average Bonchev–Trinajstić information content (AvgIpc) is 2.59. The molecular weight excluding hydrogens is 226 g/mol. The highest BCUT2D eigenvalue weighted by atomic mass is 32.1. The summed E-state index contributed by atoms with van der Waals surface area (Å²) in [5.41, 5.74) is 6.95. The van der Waals surface area contributed by atoms with E-state index in [0.29, 0.717) is 12.3 Å². The van der Waals surface area contributed by atoms with Crippen LogP contribution in [0.25, 0.3) is 0 Å². The van der Waals surface area contributed by atoms with Gasteiger partial charge in [-0.25, -0.2) is 4.68 Å². The second-order valence-electron chi connectivity index (χ2n) is 3.71. The highest BCUT2D eigenvalue weighted by Crippen LogP contribution is 2.07. The minimum absolute atomic E-state index is 0.253. The van der Waals surface area contributed by atoms with Crippen LogP contribution in [-0.4, -0.2) is 52.6 Å². The van der Waals surface area contributed by atoms with Crippen molar-refractivity contribution in [1.82, 2.24) is 19.9 Å². The summed E-state index contributed by atoms with van der Waals surface area (Å²) in [7, 11) is 5.62. The van der Waals surface area contributed by atoms with Gasteiger partial charge in [-0.1, -0.05) is 17.4 Å². The van der Waals surface area contributed by atoms with Gasteiger partial charge < -0.3 is 15.4 Å². The largest absolute Gasteiger partial charge is 0.388 e. The summed E-state index contributed by atoms with van der Waals surface area (Å²) in [6.07, 6.45) is 0. The number of nitrogens with two attached hydrogens (primary N) is 1. The summed E-state index contributed by atoms with van der Waals surface area (Å²) in [6, 6.07) is 0. The first-order valence-corrected chi connectivity index (χ1v) is 5.33. The van der Waals surface area contributed by atoms with E-state index < -0.39 is 0 Å². The molecule has 6 nitrogen and oxygen atoms in total. The molecule has 1 aromatic heterocycles. The standard InChI is InChI=1S/C9H17N5OS/c1-13(2)4-5-14-7(6-15-3)8(9(10)16)11-12-14/h4-6H2,1-3H3,(H2,10,16). The van der Waals surface area contributed by atoms with E-state index in [1.807, 2.05) is 14.1 Å². The molecule has 0 saturated carbocycles. The Kier molecular flexibility index (Phi) is 4.78. The molecule has 0 aliphatic carbocycles. The number of methoxy groups -OCH3 is 1. The van der Waals surface area contributed by atoms with Crippen molar-refractivity contribution in [2.24, 2.45) is 5.73 Å². The Balaban J connectivity index is 2.86.